The average Bonchev–Trinajstić information content (AvgIpc) is 2.84. The first kappa shape index (κ1) is 15.5. The maximum absolute atomic E-state index is 11.9. The van der Waals surface area contributed by atoms with Gasteiger partial charge in [0.05, 0.1) is 18.0 Å². The number of thiophene rings is 1. The van der Waals surface area contributed by atoms with E-state index in [1.807, 2.05) is 25.1 Å². The van der Waals surface area contributed by atoms with Crippen molar-refractivity contribution < 1.29 is 14.3 Å². The molecule has 7 heteroatoms. The highest BCUT2D eigenvalue weighted by molar-refractivity contribution is 7.21. The zero-order valence-corrected chi connectivity index (χ0v) is 13.7. The van der Waals surface area contributed by atoms with Crippen molar-refractivity contribution in [1.29, 1.82) is 0 Å². The number of esters is 1. The predicted molar refractivity (Wildman–Crippen MR) is 90.7 cm³/mol. The third-order valence-corrected chi connectivity index (χ3v) is 4.89. The molecular formula is C16H17N3O3S. The molecule has 1 atom stereocenters. The highest BCUT2D eigenvalue weighted by atomic mass is 32.1. The summed E-state index contributed by atoms with van der Waals surface area (Å²) in [6, 6.07) is 5.74. The number of nitrogens with zero attached hydrogens (tertiary/aromatic N) is 1. The summed E-state index contributed by atoms with van der Waals surface area (Å²) in [5.74, 6) is -0.432. The van der Waals surface area contributed by atoms with Crippen LogP contribution >= 0.6 is 11.3 Å². The zero-order valence-electron chi connectivity index (χ0n) is 12.9. The first-order valence-electron chi connectivity index (χ1n) is 7.37. The van der Waals surface area contributed by atoms with Crippen molar-refractivity contribution in [2.24, 2.45) is 11.0 Å². The van der Waals surface area contributed by atoms with E-state index in [1.165, 1.54) is 11.3 Å². The van der Waals surface area contributed by atoms with E-state index in [1.54, 1.807) is 6.92 Å². The van der Waals surface area contributed by atoms with Gasteiger partial charge < -0.3 is 10.5 Å². The van der Waals surface area contributed by atoms with Crippen LogP contribution in [-0.2, 0) is 9.53 Å². The first-order valence-corrected chi connectivity index (χ1v) is 8.18. The molecule has 1 aliphatic heterocycles. The number of hydrogen-bond acceptors (Lipinski definition) is 6. The number of carbonyl (C=O) groups is 2. The Labute approximate surface area is 137 Å². The topological polar surface area (TPSA) is 93.8 Å². The molecule has 0 saturated heterocycles. The average molecular weight is 331 g/mol. The van der Waals surface area contributed by atoms with Crippen LogP contribution in [0.15, 0.2) is 23.3 Å². The lowest BCUT2D eigenvalue weighted by molar-refractivity contribution is -0.121. The SMILES string of the molecule is CCOC(=O)c1sc2cc(C3=NNC(=O)CC3C)ccc2c1N. The fourth-order valence-corrected chi connectivity index (χ4v) is 3.68. The van der Waals surface area contributed by atoms with E-state index in [4.69, 9.17) is 10.5 Å². The van der Waals surface area contributed by atoms with Crippen LogP contribution in [0.4, 0.5) is 5.69 Å². The highest BCUT2D eigenvalue weighted by Crippen LogP contribution is 2.35. The molecule has 0 spiro atoms. The van der Waals surface area contributed by atoms with E-state index < -0.39 is 5.97 Å². The third kappa shape index (κ3) is 2.79. The van der Waals surface area contributed by atoms with Crippen molar-refractivity contribution in [2.45, 2.75) is 20.3 Å². The number of nitrogens with one attached hydrogen (secondary N) is 1. The first-order chi connectivity index (χ1) is 11.0. The fraction of sp³-hybridized carbons (Fsp3) is 0.312. The third-order valence-electron chi connectivity index (χ3n) is 3.74. The minimum Gasteiger partial charge on any atom is -0.462 e. The van der Waals surface area contributed by atoms with Gasteiger partial charge in [-0.05, 0) is 18.6 Å². The number of nitrogens with two attached hydrogens (primary N) is 1. The Morgan fingerprint density at radius 3 is 3.00 bits per heavy atom. The van der Waals surface area contributed by atoms with Gasteiger partial charge in [-0.2, -0.15) is 5.10 Å². The van der Waals surface area contributed by atoms with Gasteiger partial charge in [-0.25, -0.2) is 10.2 Å². The number of ether oxygens (including phenoxy) is 1. The Kier molecular flexibility index (Phi) is 4.04. The van der Waals surface area contributed by atoms with Crippen LogP contribution in [0.2, 0.25) is 0 Å². The normalized spacial score (nSPS) is 17.7. The number of rotatable bonds is 3. The van der Waals surface area contributed by atoms with Gasteiger partial charge in [-0.15, -0.1) is 11.3 Å². The summed E-state index contributed by atoms with van der Waals surface area (Å²) in [5, 5.41) is 4.99. The van der Waals surface area contributed by atoms with Crippen molar-refractivity contribution in [3.8, 4) is 0 Å². The van der Waals surface area contributed by atoms with Crippen molar-refractivity contribution in [2.75, 3.05) is 12.3 Å². The van der Waals surface area contributed by atoms with E-state index in [0.29, 0.717) is 23.6 Å². The Bertz CT molecular complexity index is 825. The number of carbonyl (C=O) groups excluding carboxylic acids is 2. The summed E-state index contributed by atoms with van der Waals surface area (Å²) >= 11 is 1.31. The Morgan fingerprint density at radius 2 is 2.30 bits per heavy atom. The van der Waals surface area contributed by atoms with Crippen LogP contribution in [0.25, 0.3) is 10.1 Å². The number of nitrogen functional groups attached to an aromatic ring is 1. The molecule has 2 heterocycles. The molecule has 0 aliphatic carbocycles. The van der Waals surface area contributed by atoms with Gasteiger partial charge >= 0.3 is 5.97 Å². The van der Waals surface area contributed by atoms with Crippen LogP contribution in [0, 0.1) is 5.92 Å². The second-order valence-electron chi connectivity index (χ2n) is 5.41. The van der Waals surface area contributed by atoms with Gasteiger partial charge in [-0.3, -0.25) is 4.79 Å². The van der Waals surface area contributed by atoms with E-state index in [9.17, 15) is 9.59 Å². The number of fused-ring (bicyclic) bond motifs is 1. The lowest BCUT2D eigenvalue weighted by atomic mass is 9.94. The van der Waals surface area contributed by atoms with Crippen molar-refractivity contribution in [3.05, 3.63) is 28.6 Å². The maximum atomic E-state index is 11.9. The molecule has 1 amide bonds. The second-order valence-corrected chi connectivity index (χ2v) is 6.47. The summed E-state index contributed by atoms with van der Waals surface area (Å²) in [7, 11) is 0. The molecule has 2 aromatic rings. The van der Waals surface area contributed by atoms with Crippen LogP contribution in [0.1, 0.15) is 35.5 Å². The molecule has 3 rings (SSSR count). The lowest BCUT2D eigenvalue weighted by Crippen LogP contribution is -2.31. The number of hydrazone groups is 1. The molecule has 0 saturated carbocycles. The molecule has 3 N–H and O–H groups in total. The van der Waals surface area contributed by atoms with E-state index in [-0.39, 0.29) is 11.8 Å². The predicted octanol–water partition coefficient (Wildman–Crippen LogP) is 2.52. The molecule has 0 fully saturated rings. The number of benzene rings is 1. The maximum Gasteiger partial charge on any atom is 0.350 e. The summed E-state index contributed by atoms with van der Waals surface area (Å²) in [6.45, 7) is 4.04. The molecule has 0 bridgehead atoms. The van der Waals surface area contributed by atoms with Gasteiger partial charge in [0, 0.05) is 22.4 Å². The van der Waals surface area contributed by atoms with Crippen LogP contribution in [0.3, 0.4) is 0 Å². The fourth-order valence-electron chi connectivity index (χ4n) is 2.63. The molecule has 1 aliphatic rings. The summed E-state index contributed by atoms with van der Waals surface area (Å²) in [5.41, 5.74) is 10.8. The summed E-state index contributed by atoms with van der Waals surface area (Å²) in [6.07, 6.45) is 0.414. The van der Waals surface area contributed by atoms with Crippen LogP contribution in [0.5, 0.6) is 0 Å². The monoisotopic (exact) mass is 331 g/mol. The lowest BCUT2D eigenvalue weighted by Gasteiger charge is -2.19. The second kappa shape index (κ2) is 6.00. The van der Waals surface area contributed by atoms with Gasteiger partial charge in [0.2, 0.25) is 5.91 Å². The van der Waals surface area contributed by atoms with Crippen LogP contribution in [-0.4, -0.2) is 24.2 Å². The molecule has 0 radical (unpaired) electrons. The molecule has 1 aromatic heterocycles. The molecule has 23 heavy (non-hydrogen) atoms. The van der Waals surface area contributed by atoms with E-state index in [0.717, 1.165) is 21.4 Å². The Balaban J connectivity index is 2.03. The van der Waals surface area contributed by atoms with Gasteiger partial charge in [-0.1, -0.05) is 19.1 Å². The number of anilines is 1. The summed E-state index contributed by atoms with van der Waals surface area (Å²) < 4.78 is 5.93. The van der Waals surface area contributed by atoms with E-state index in [2.05, 4.69) is 10.5 Å². The Hall–Kier alpha value is -2.41. The van der Waals surface area contributed by atoms with Gasteiger partial charge in [0.1, 0.15) is 4.88 Å². The highest BCUT2D eigenvalue weighted by Gasteiger charge is 2.23. The molecule has 1 aromatic carbocycles. The van der Waals surface area contributed by atoms with Crippen molar-refractivity contribution in [1.82, 2.24) is 5.43 Å². The summed E-state index contributed by atoms with van der Waals surface area (Å²) in [4.78, 5) is 23.7. The Morgan fingerprint density at radius 1 is 1.52 bits per heavy atom. The van der Waals surface area contributed by atoms with E-state index >= 15 is 0 Å². The molecule has 120 valence electrons. The zero-order chi connectivity index (χ0) is 16.6. The van der Waals surface area contributed by atoms with Crippen LogP contribution < -0.4 is 11.2 Å². The number of amides is 1. The minimum atomic E-state index is -0.400. The molecular weight excluding hydrogens is 314 g/mol. The van der Waals surface area contributed by atoms with Gasteiger partial charge in [0.15, 0.2) is 0 Å². The number of hydrogen-bond donors (Lipinski definition) is 2. The molecule has 6 nitrogen and oxygen atoms in total. The quantitative estimate of drug-likeness (QED) is 0.845. The largest absolute Gasteiger partial charge is 0.462 e. The van der Waals surface area contributed by atoms with Crippen molar-refractivity contribution in [3.63, 3.8) is 0 Å². The molecule has 1 unspecified atom stereocenters. The standard InChI is InChI=1S/C16H17N3O3S/c1-3-22-16(21)15-13(17)10-5-4-9(7-11(10)23-15)14-8(2)6-12(20)18-19-14/h4-5,7-8H,3,6,17H2,1-2H3,(H,18,20). The smallest absolute Gasteiger partial charge is 0.350 e. The van der Waals surface area contributed by atoms with Crippen molar-refractivity contribution >= 4 is 44.7 Å². The van der Waals surface area contributed by atoms with Gasteiger partial charge in [0.25, 0.3) is 0 Å². The minimum absolute atomic E-state index is 0.0445.